The van der Waals surface area contributed by atoms with Crippen LogP contribution in [0.25, 0.3) is 10.8 Å². The zero-order valence-electron chi connectivity index (χ0n) is 12.1. The third-order valence-electron chi connectivity index (χ3n) is 3.19. The second-order valence-electron chi connectivity index (χ2n) is 4.91. The Labute approximate surface area is 126 Å². The van der Waals surface area contributed by atoms with Gasteiger partial charge in [-0.3, -0.25) is 9.59 Å². The van der Waals surface area contributed by atoms with Gasteiger partial charge in [0.05, 0.1) is 0 Å². The van der Waals surface area contributed by atoms with E-state index >= 15 is 0 Å². The lowest BCUT2D eigenvalue weighted by molar-refractivity contribution is -0.137. The lowest BCUT2D eigenvalue weighted by Gasteiger charge is -2.08. The highest BCUT2D eigenvalue weighted by molar-refractivity contribution is 5.93. The van der Waals surface area contributed by atoms with Gasteiger partial charge in [0.2, 0.25) is 0 Å². The Morgan fingerprint density at radius 1 is 1.27 bits per heavy atom. The zero-order valence-corrected chi connectivity index (χ0v) is 12.1. The number of pyridine rings is 1. The fraction of sp³-hybridized carbons (Fsp3) is 0.267. The van der Waals surface area contributed by atoms with E-state index in [-0.39, 0.29) is 18.5 Å². The number of rotatable bonds is 5. The van der Waals surface area contributed by atoms with Crippen molar-refractivity contribution in [3.05, 3.63) is 40.8 Å². The smallest absolute Gasteiger partial charge is 0.319 e. The van der Waals surface area contributed by atoms with Crippen LogP contribution in [-0.2, 0) is 11.8 Å². The number of aryl methyl sites for hydroxylation is 1. The van der Waals surface area contributed by atoms with E-state index in [0.29, 0.717) is 17.5 Å². The first-order valence-corrected chi connectivity index (χ1v) is 6.83. The largest absolute Gasteiger partial charge is 0.481 e. The zero-order chi connectivity index (χ0) is 16.1. The molecule has 0 aliphatic carbocycles. The number of aromatic nitrogens is 1. The van der Waals surface area contributed by atoms with E-state index in [0.717, 1.165) is 5.39 Å². The van der Waals surface area contributed by atoms with Crippen LogP contribution in [-0.4, -0.2) is 28.2 Å². The molecule has 2 rings (SSSR count). The Bertz CT molecular complexity index is 767. The SMILES string of the molecule is Cn1ccc2ccc(NC(=O)NCCCC(=O)O)cc2c1=O. The summed E-state index contributed by atoms with van der Waals surface area (Å²) in [4.78, 5) is 34.1. The molecule has 2 amide bonds. The van der Waals surface area contributed by atoms with Gasteiger partial charge in [0.15, 0.2) is 0 Å². The normalized spacial score (nSPS) is 10.4. The highest BCUT2D eigenvalue weighted by Crippen LogP contribution is 2.15. The molecule has 0 atom stereocenters. The number of hydrogen-bond donors (Lipinski definition) is 3. The minimum Gasteiger partial charge on any atom is -0.481 e. The maximum atomic E-state index is 12.0. The average molecular weight is 303 g/mol. The number of nitrogens with zero attached hydrogens (tertiary/aromatic N) is 1. The predicted octanol–water partition coefficient (Wildman–Crippen LogP) is 1.52. The number of urea groups is 1. The summed E-state index contributed by atoms with van der Waals surface area (Å²) in [6.07, 6.45) is 2.06. The third kappa shape index (κ3) is 3.85. The average Bonchev–Trinajstić information content (AvgIpc) is 2.48. The van der Waals surface area contributed by atoms with Crippen LogP contribution in [0.15, 0.2) is 35.3 Å². The number of anilines is 1. The van der Waals surface area contributed by atoms with E-state index in [9.17, 15) is 14.4 Å². The molecule has 1 heterocycles. The van der Waals surface area contributed by atoms with Crippen LogP contribution in [0.4, 0.5) is 10.5 Å². The molecule has 0 spiro atoms. The summed E-state index contributed by atoms with van der Waals surface area (Å²) >= 11 is 0. The van der Waals surface area contributed by atoms with E-state index in [1.165, 1.54) is 4.57 Å². The lowest BCUT2D eigenvalue weighted by atomic mass is 10.1. The fourth-order valence-electron chi connectivity index (χ4n) is 2.03. The minimum absolute atomic E-state index is 0.00625. The molecule has 7 nitrogen and oxygen atoms in total. The molecule has 0 radical (unpaired) electrons. The van der Waals surface area contributed by atoms with E-state index in [1.807, 2.05) is 6.07 Å². The first-order chi connectivity index (χ1) is 10.5. The number of hydrogen-bond acceptors (Lipinski definition) is 3. The number of carbonyl (C=O) groups is 2. The van der Waals surface area contributed by atoms with Crippen molar-refractivity contribution in [3.63, 3.8) is 0 Å². The van der Waals surface area contributed by atoms with Gasteiger partial charge in [-0.25, -0.2) is 4.79 Å². The van der Waals surface area contributed by atoms with Crippen molar-refractivity contribution < 1.29 is 14.7 Å². The van der Waals surface area contributed by atoms with Gasteiger partial charge in [-0.2, -0.15) is 0 Å². The Kier molecular flexibility index (Phi) is 4.77. The number of benzene rings is 1. The van der Waals surface area contributed by atoms with Gasteiger partial charge in [-0.1, -0.05) is 6.07 Å². The first-order valence-electron chi connectivity index (χ1n) is 6.83. The van der Waals surface area contributed by atoms with Crippen molar-refractivity contribution in [2.45, 2.75) is 12.8 Å². The Morgan fingerprint density at radius 3 is 2.77 bits per heavy atom. The number of fused-ring (bicyclic) bond motifs is 1. The number of carboxylic acid groups (broad SMARTS) is 1. The van der Waals surface area contributed by atoms with Crippen molar-refractivity contribution in [3.8, 4) is 0 Å². The van der Waals surface area contributed by atoms with Gasteiger partial charge in [0.25, 0.3) is 5.56 Å². The van der Waals surface area contributed by atoms with E-state index in [1.54, 1.807) is 31.4 Å². The van der Waals surface area contributed by atoms with Gasteiger partial charge in [-0.05, 0) is 30.0 Å². The third-order valence-corrected chi connectivity index (χ3v) is 3.19. The molecule has 7 heteroatoms. The second kappa shape index (κ2) is 6.75. The van der Waals surface area contributed by atoms with E-state index in [4.69, 9.17) is 5.11 Å². The van der Waals surface area contributed by atoms with Gasteiger partial charge in [0, 0.05) is 37.3 Å². The first kappa shape index (κ1) is 15.6. The Balaban J connectivity index is 2.02. The van der Waals surface area contributed by atoms with E-state index in [2.05, 4.69) is 10.6 Å². The molecule has 2 aromatic rings. The van der Waals surface area contributed by atoms with Gasteiger partial charge < -0.3 is 20.3 Å². The standard InChI is InChI=1S/C15H17N3O4/c1-18-8-6-10-4-5-11(9-12(10)14(18)21)17-15(22)16-7-2-3-13(19)20/h4-6,8-9H,2-3,7H2,1H3,(H,19,20)(H2,16,17,22). The van der Waals surface area contributed by atoms with Crippen molar-refractivity contribution in [2.24, 2.45) is 7.05 Å². The quantitative estimate of drug-likeness (QED) is 0.729. The molecule has 1 aromatic carbocycles. The monoisotopic (exact) mass is 303 g/mol. The molecule has 116 valence electrons. The van der Waals surface area contributed by atoms with Crippen molar-refractivity contribution in [1.82, 2.24) is 9.88 Å². The second-order valence-corrected chi connectivity index (χ2v) is 4.91. The van der Waals surface area contributed by atoms with Crippen molar-refractivity contribution >= 4 is 28.5 Å². The van der Waals surface area contributed by atoms with Gasteiger partial charge in [0.1, 0.15) is 0 Å². The lowest BCUT2D eigenvalue weighted by Crippen LogP contribution is -2.29. The number of aliphatic carboxylic acids is 1. The molecule has 0 aliphatic heterocycles. The molecule has 1 aromatic heterocycles. The van der Waals surface area contributed by atoms with Gasteiger partial charge in [-0.15, -0.1) is 0 Å². The maximum Gasteiger partial charge on any atom is 0.319 e. The number of amides is 2. The molecular formula is C15H17N3O4. The fourth-order valence-corrected chi connectivity index (χ4v) is 2.03. The number of nitrogens with one attached hydrogen (secondary N) is 2. The number of carbonyl (C=O) groups excluding carboxylic acids is 1. The summed E-state index contributed by atoms with van der Waals surface area (Å²) in [6, 6.07) is 6.48. The van der Waals surface area contributed by atoms with Crippen LogP contribution in [0.2, 0.25) is 0 Å². The molecule has 0 saturated heterocycles. The molecule has 3 N–H and O–H groups in total. The summed E-state index contributed by atoms with van der Waals surface area (Å²) in [7, 11) is 1.66. The molecule has 0 unspecified atom stereocenters. The topological polar surface area (TPSA) is 100 Å². The Hall–Kier alpha value is -2.83. The molecule has 0 saturated carbocycles. The van der Waals surface area contributed by atoms with Crippen LogP contribution >= 0.6 is 0 Å². The van der Waals surface area contributed by atoms with E-state index < -0.39 is 12.0 Å². The van der Waals surface area contributed by atoms with Crippen molar-refractivity contribution in [1.29, 1.82) is 0 Å². The minimum atomic E-state index is -0.896. The summed E-state index contributed by atoms with van der Waals surface area (Å²) in [5.41, 5.74) is 0.370. The highest BCUT2D eigenvalue weighted by Gasteiger charge is 2.05. The highest BCUT2D eigenvalue weighted by atomic mass is 16.4. The van der Waals surface area contributed by atoms with Crippen LogP contribution in [0.5, 0.6) is 0 Å². The number of carboxylic acids is 1. The van der Waals surface area contributed by atoms with Crippen LogP contribution < -0.4 is 16.2 Å². The molecule has 0 bridgehead atoms. The van der Waals surface area contributed by atoms with Crippen molar-refractivity contribution in [2.75, 3.05) is 11.9 Å². The predicted molar refractivity (Wildman–Crippen MR) is 83.1 cm³/mol. The molecule has 22 heavy (non-hydrogen) atoms. The summed E-state index contributed by atoms with van der Waals surface area (Å²) in [5, 5.41) is 15.0. The van der Waals surface area contributed by atoms with Gasteiger partial charge >= 0.3 is 12.0 Å². The Morgan fingerprint density at radius 2 is 2.05 bits per heavy atom. The summed E-state index contributed by atoms with van der Waals surface area (Å²) < 4.78 is 1.47. The molecule has 0 aliphatic rings. The summed E-state index contributed by atoms with van der Waals surface area (Å²) in [6.45, 7) is 0.271. The van der Waals surface area contributed by atoms with Crippen LogP contribution in [0.3, 0.4) is 0 Å². The molecular weight excluding hydrogens is 286 g/mol. The summed E-state index contributed by atoms with van der Waals surface area (Å²) in [5.74, 6) is -0.896. The van der Waals surface area contributed by atoms with Crippen LogP contribution in [0, 0.1) is 0 Å². The molecule has 0 fully saturated rings. The maximum absolute atomic E-state index is 12.0. The van der Waals surface area contributed by atoms with Crippen LogP contribution in [0.1, 0.15) is 12.8 Å².